The number of nitrogens with zero attached hydrogens (tertiary/aromatic N) is 2. The molecule has 0 fully saturated rings. The standard InChI is InChI=1S/C28H28BrIN2O6S/c1-7-37-27(34)23-15(4)31-28-32(24(23)17-8-9-20(38-14(2)3)21(13-17)35-5)26(33)22(39-28)12-16-10-18(29)25(36-6)19(30)11-16/h8-14,24H,7H2,1-6H3/b22-12-/t24-/m0/s1. The number of halogens is 2. The number of hydrogen-bond acceptors (Lipinski definition) is 8. The second kappa shape index (κ2) is 12.3. The van der Waals surface area contributed by atoms with Gasteiger partial charge in [0.05, 0.1) is 56.8 Å². The molecule has 11 heteroatoms. The summed E-state index contributed by atoms with van der Waals surface area (Å²) in [6, 6.07) is 8.49. The van der Waals surface area contributed by atoms with Gasteiger partial charge in [0.2, 0.25) is 0 Å². The van der Waals surface area contributed by atoms with Crippen molar-refractivity contribution in [2.45, 2.75) is 39.8 Å². The third kappa shape index (κ3) is 5.94. The van der Waals surface area contributed by atoms with Crippen LogP contribution in [-0.4, -0.2) is 37.5 Å². The first-order chi connectivity index (χ1) is 18.6. The number of ether oxygens (including phenoxy) is 4. The predicted molar refractivity (Wildman–Crippen MR) is 163 cm³/mol. The van der Waals surface area contributed by atoms with E-state index in [9.17, 15) is 9.59 Å². The number of allylic oxidation sites excluding steroid dienone is 1. The van der Waals surface area contributed by atoms with Crippen molar-refractivity contribution in [3.63, 3.8) is 0 Å². The summed E-state index contributed by atoms with van der Waals surface area (Å²) >= 11 is 7.00. The summed E-state index contributed by atoms with van der Waals surface area (Å²) < 4.78 is 26.0. The summed E-state index contributed by atoms with van der Waals surface area (Å²) in [4.78, 5) is 32.2. The van der Waals surface area contributed by atoms with E-state index in [0.29, 0.717) is 37.7 Å². The zero-order valence-corrected chi connectivity index (χ0v) is 26.9. The van der Waals surface area contributed by atoms with Crippen LogP contribution in [0.3, 0.4) is 0 Å². The molecule has 0 spiro atoms. The molecule has 0 aliphatic carbocycles. The van der Waals surface area contributed by atoms with Crippen LogP contribution in [-0.2, 0) is 9.53 Å². The fourth-order valence-electron chi connectivity index (χ4n) is 4.32. The van der Waals surface area contributed by atoms with Gasteiger partial charge in [0.15, 0.2) is 16.3 Å². The van der Waals surface area contributed by atoms with Gasteiger partial charge in [-0.1, -0.05) is 17.4 Å². The molecule has 0 N–H and O–H groups in total. The van der Waals surface area contributed by atoms with Gasteiger partial charge in [0.1, 0.15) is 5.75 Å². The van der Waals surface area contributed by atoms with Crippen molar-refractivity contribution in [2.24, 2.45) is 4.99 Å². The first-order valence-corrected chi connectivity index (χ1v) is 14.9. The molecule has 0 saturated heterocycles. The van der Waals surface area contributed by atoms with Crippen LogP contribution in [0.4, 0.5) is 0 Å². The zero-order chi connectivity index (χ0) is 28.4. The fourth-order valence-corrected chi connectivity index (χ4v) is 7.25. The number of rotatable bonds is 8. The number of hydrogen-bond donors (Lipinski definition) is 0. The Balaban J connectivity index is 1.94. The Hall–Kier alpha value is -2.64. The lowest BCUT2D eigenvalue weighted by atomic mass is 9.95. The average molecular weight is 727 g/mol. The molecule has 4 rings (SSSR count). The lowest BCUT2D eigenvalue weighted by Crippen LogP contribution is -2.40. The number of esters is 1. The molecule has 3 aromatic rings. The number of thiazole rings is 1. The molecule has 2 heterocycles. The molecule has 0 bridgehead atoms. The van der Waals surface area contributed by atoms with Crippen LogP contribution in [0.5, 0.6) is 17.2 Å². The SMILES string of the molecule is CCOC(=O)C1=C(C)N=c2s/c(=C\c3cc(Br)c(OC)c(I)c3)c(=O)n2[C@H]1c1ccc(OC(C)C)c(OC)c1. The molecule has 8 nitrogen and oxygen atoms in total. The van der Waals surface area contributed by atoms with E-state index >= 15 is 0 Å². The van der Waals surface area contributed by atoms with Gasteiger partial charge in [-0.05, 0) is 108 Å². The van der Waals surface area contributed by atoms with Crippen molar-refractivity contribution in [3.05, 3.63) is 80.5 Å². The molecule has 206 valence electrons. The van der Waals surface area contributed by atoms with E-state index in [1.54, 1.807) is 44.8 Å². The van der Waals surface area contributed by atoms with Crippen LogP contribution < -0.4 is 29.1 Å². The van der Waals surface area contributed by atoms with Crippen LogP contribution >= 0.6 is 49.9 Å². The summed E-state index contributed by atoms with van der Waals surface area (Å²) in [6.45, 7) is 7.56. The predicted octanol–water partition coefficient (Wildman–Crippen LogP) is 4.97. The highest BCUT2D eigenvalue weighted by atomic mass is 127. The van der Waals surface area contributed by atoms with E-state index in [1.165, 1.54) is 11.3 Å². The summed E-state index contributed by atoms with van der Waals surface area (Å²) in [5, 5.41) is 0. The van der Waals surface area contributed by atoms with Gasteiger partial charge >= 0.3 is 5.97 Å². The first kappa shape index (κ1) is 29.3. The molecular weight excluding hydrogens is 699 g/mol. The average Bonchev–Trinajstić information content (AvgIpc) is 3.17. The van der Waals surface area contributed by atoms with Gasteiger partial charge in [-0.2, -0.15) is 0 Å². The second-order valence-corrected chi connectivity index (χ2v) is 11.9. The maximum atomic E-state index is 13.9. The van der Waals surface area contributed by atoms with E-state index in [0.717, 1.165) is 19.4 Å². The summed E-state index contributed by atoms with van der Waals surface area (Å²) in [7, 11) is 3.17. The topological polar surface area (TPSA) is 88.4 Å². The van der Waals surface area contributed by atoms with Crippen molar-refractivity contribution in [2.75, 3.05) is 20.8 Å². The Labute approximate surface area is 252 Å². The number of carbonyl (C=O) groups is 1. The highest BCUT2D eigenvalue weighted by Gasteiger charge is 2.34. The summed E-state index contributed by atoms with van der Waals surface area (Å²) in [5.41, 5.74) is 2.04. The van der Waals surface area contributed by atoms with Crippen molar-refractivity contribution in [1.82, 2.24) is 4.57 Å². The Morgan fingerprint density at radius 1 is 1.21 bits per heavy atom. The highest BCUT2D eigenvalue weighted by Crippen LogP contribution is 2.37. The number of aromatic nitrogens is 1. The van der Waals surface area contributed by atoms with Gasteiger partial charge in [-0.25, -0.2) is 9.79 Å². The molecule has 1 atom stereocenters. The molecular formula is C28H28BrIN2O6S. The smallest absolute Gasteiger partial charge is 0.338 e. The highest BCUT2D eigenvalue weighted by molar-refractivity contribution is 14.1. The Kier molecular flexibility index (Phi) is 9.22. The third-order valence-corrected chi connectivity index (χ3v) is 8.28. The molecule has 0 saturated carbocycles. The van der Waals surface area contributed by atoms with Gasteiger partial charge in [-0.3, -0.25) is 9.36 Å². The van der Waals surface area contributed by atoms with Crippen LogP contribution in [0.25, 0.3) is 6.08 Å². The fraction of sp³-hybridized carbons (Fsp3) is 0.321. The molecule has 0 radical (unpaired) electrons. The van der Waals surface area contributed by atoms with Crippen LogP contribution in [0.1, 0.15) is 44.9 Å². The number of carbonyl (C=O) groups excluding carboxylic acids is 1. The molecule has 1 aliphatic rings. The number of benzene rings is 2. The van der Waals surface area contributed by atoms with E-state index in [2.05, 4.69) is 43.5 Å². The maximum Gasteiger partial charge on any atom is 0.338 e. The maximum absolute atomic E-state index is 13.9. The third-order valence-electron chi connectivity index (χ3n) is 5.91. The van der Waals surface area contributed by atoms with Gasteiger partial charge in [0.25, 0.3) is 5.56 Å². The Bertz CT molecular complexity index is 1620. The number of fused-ring (bicyclic) bond motifs is 1. The van der Waals surface area contributed by atoms with Crippen LogP contribution in [0.15, 0.2) is 55.9 Å². The quantitative estimate of drug-likeness (QED) is 0.241. The molecule has 0 amide bonds. The second-order valence-electron chi connectivity index (χ2n) is 8.90. The largest absolute Gasteiger partial charge is 0.494 e. The Morgan fingerprint density at radius 3 is 2.56 bits per heavy atom. The van der Waals surface area contributed by atoms with Gasteiger partial charge in [0, 0.05) is 0 Å². The first-order valence-electron chi connectivity index (χ1n) is 12.2. The molecule has 0 unspecified atom stereocenters. The van der Waals surface area contributed by atoms with Crippen LogP contribution in [0.2, 0.25) is 0 Å². The minimum Gasteiger partial charge on any atom is -0.494 e. The monoisotopic (exact) mass is 726 g/mol. The van der Waals surface area contributed by atoms with E-state index in [1.807, 2.05) is 38.1 Å². The summed E-state index contributed by atoms with van der Waals surface area (Å²) in [5.74, 6) is 1.27. The van der Waals surface area contributed by atoms with Crippen molar-refractivity contribution >= 4 is 61.9 Å². The summed E-state index contributed by atoms with van der Waals surface area (Å²) in [6.07, 6.45) is 1.76. The Morgan fingerprint density at radius 2 is 1.95 bits per heavy atom. The minimum absolute atomic E-state index is 0.0549. The van der Waals surface area contributed by atoms with Gasteiger partial charge in [-0.15, -0.1) is 0 Å². The number of methoxy groups -OCH3 is 2. The van der Waals surface area contributed by atoms with E-state index in [4.69, 9.17) is 18.9 Å². The molecule has 39 heavy (non-hydrogen) atoms. The normalized spacial score (nSPS) is 15.2. The molecule has 2 aromatic carbocycles. The zero-order valence-electron chi connectivity index (χ0n) is 22.3. The lowest BCUT2D eigenvalue weighted by molar-refractivity contribution is -0.139. The van der Waals surface area contributed by atoms with Gasteiger partial charge < -0.3 is 18.9 Å². The minimum atomic E-state index is -0.757. The lowest BCUT2D eigenvalue weighted by Gasteiger charge is -2.25. The van der Waals surface area contributed by atoms with Crippen molar-refractivity contribution in [1.29, 1.82) is 0 Å². The molecule has 1 aliphatic heterocycles. The van der Waals surface area contributed by atoms with E-state index < -0.39 is 12.0 Å². The van der Waals surface area contributed by atoms with Crippen molar-refractivity contribution in [3.8, 4) is 17.2 Å². The van der Waals surface area contributed by atoms with E-state index in [-0.39, 0.29) is 18.3 Å². The van der Waals surface area contributed by atoms with Crippen LogP contribution in [0, 0.1) is 3.57 Å². The van der Waals surface area contributed by atoms with Crippen molar-refractivity contribution < 1.29 is 23.7 Å². The molecule has 1 aromatic heterocycles.